The van der Waals surface area contributed by atoms with Crippen LogP contribution >= 0.6 is 11.6 Å². The van der Waals surface area contributed by atoms with E-state index in [2.05, 4.69) is 5.32 Å². The first kappa shape index (κ1) is 15.2. The highest BCUT2D eigenvalue weighted by atomic mass is 35.5. The Bertz CT molecular complexity index is 644. The maximum Gasteiger partial charge on any atom is 0.252 e. The minimum atomic E-state index is -0.234. The molecule has 0 fully saturated rings. The molecule has 2 rings (SSSR count). The van der Waals surface area contributed by atoms with E-state index in [4.69, 9.17) is 22.1 Å². The highest BCUT2D eigenvalue weighted by Gasteiger charge is 2.11. The summed E-state index contributed by atoms with van der Waals surface area (Å²) in [7, 11) is 1.63. The number of halogens is 1. The lowest BCUT2D eigenvalue weighted by molar-refractivity contribution is 0.0954. The van der Waals surface area contributed by atoms with Crippen LogP contribution in [-0.4, -0.2) is 19.6 Å². The van der Waals surface area contributed by atoms with Gasteiger partial charge in [-0.15, -0.1) is 0 Å². The van der Waals surface area contributed by atoms with E-state index in [-0.39, 0.29) is 10.9 Å². The van der Waals surface area contributed by atoms with Crippen molar-refractivity contribution < 1.29 is 9.53 Å². The average molecular weight is 305 g/mol. The van der Waals surface area contributed by atoms with Crippen molar-refractivity contribution in [3.63, 3.8) is 0 Å². The van der Waals surface area contributed by atoms with Crippen molar-refractivity contribution in [2.45, 2.75) is 6.42 Å². The molecule has 0 aliphatic heterocycles. The van der Waals surface area contributed by atoms with Crippen molar-refractivity contribution in [2.24, 2.45) is 0 Å². The first-order valence-electron chi connectivity index (χ1n) is 6.57. The van der Waals surface area contributed by atoms with Crippen LogP contribution in [0.25, 0.3) is 0 Å². The van der Waals surface area contributed by atoms with E-state index < -0.39 is 0 Å². The summed E-state index contributed by atoms with van der Waals surface area (Å²) in [5.74, 6) is 0.580. The summed E-state index contributed by atoms with van der Waals surface area (Å²) in [6, 6.07) is 12.7. The van der Waals surface area contributed by atoms with Gasteiger partial charge in [0.2, 0.25) is 0 Å². The number of carbonyl (C=O) groups excluding carboxylic acids is 1. The smallest absolute Gasteiger partial charge is 0.252 e. The summed E-state index contributed by atoms with van der Waals surface area (Å²) >= 11 is 6.03. The number of ether oxygens (including phenoxy) is 1. The fourth-order valence-electron chi connectivity index (χ4n) is 2.04. The minimum Gasteiger partial charge on any atom is -0.496 e. The molecule has 21 heavy (non-hydrogen) atoms. The van der Waals surface area contributed by atoms with Crippen molar-refractivity contribution >= 4 is 23.2 Å². The zero-order valence-corrected chi connectivity index (χ0v) is 12.5. The Morgan fingerprint density at radius 2 is 2.00 bits per heavy atom. The van der Waals surface area contributed by atoms with Crippen LogP contribution in [0.3, 0.4) is 0 Å². The number of para-hydroxylation sites is 1. The lowest BCUT2D eigenvalue weighted by Crippen LogP contribution is -2.26. The third-order valence-corrected chi connectivity index (χ3v) is 3.57. The van der Waals surface area contributed by atoms with Gasteiger partial charge in [0.25, 0.3) is 5.91 Å². The summed E-state index contributed by atoms with van der Waals surface area (Å²) in [5.41, 5.74) is 7.51. The van der Waals surface area contributed by atoms with Crippen LogP contribution in [0.5, 0.6) is 5.75 Å². The quantitative estimate of drug-likeness (QED) is 0.835. The molecule has 0 aliphatic rings. The van der Waals surface area contributed by atoms with Crippen molar-refractivity contribution in [1.29, 1.82) is 0 Å². The molecular weight excluding hydrogens is 288 g/mol. The number of carbonyl (C=O) groups is 1. The van der Waals surface area contributed by atoms with Gasteiger partial charge in [0.1, 0.15) is 5.75 Å². The molecule has 0 radical (unpaired) electrons. The zero-order chi connectivity index (χ0) is 15.2. The van der Waals surface area contributed by atoms with E-state index in [0.717, 1.165) is 11.3 Å². The molecule has 0 heterocycles. The highest BCUT2D eigenvalue weighted by Crippen LogP contribution is 2.23. The monoisotopic (exact) mass is 304 g/mol. The predicted molar refractivity (Wildman–Crippen MR) is 84.9 cm³/mol. The minimum absolute atomic E-state index is 0.234. The van der Waals surface area contributed by atoms with Crippen LogP contribution in [0.2, 0.25) is 5.02 Å². The van der Waals surface area contributed by atoms with E-state index in [0.29, 0.717) is 24.2 Å². The number of anilines is 1. The van der Waals surface area contributed by atoms with Crippen molar-refractivity contribution in [1.82, 2.24) is 5.32 Å². The third kappa shape index (κ3) is 3.67. The van der Waals surface area contributed by atoms with E-state index in [1.54, 1.807) is 25.3 Å². The summed E-state index contributed by atoms with van der Waals surface area (Å²) in [6.07, 6.45) is 0.676. The SMILES string of the molecule is COc1ccccc1CCNC(=O)c1cccc(N)c1Cl. The Labute approximate surface area is 128 Å². The first-order chi connectivity index (χ1) is 10.1. The number of hydrogen-bond donors (Lipinski definition) is 2. The maximum absolute atomic E-state index is 12.1. The lowest BCUT2D eigenvalue weighted by atomic mass is 10.1. The Balaban J connectivity index is 1.97. The number of benzene rings is 2. The van der Waals surface area contributed by atoms with Gasteiger partial charge >= 0.3 is 0 Å². The molecule has 5 heteroatoms. The van der Waals surface area contributed by atoms with E-state index in [1.807, 2.05) is 24.3 Å². The molecule has 0 unspecified atom stereocenters. The number of nitrogens with one attached hydrogen (secondary N) is 1. The predicted octanol–water partition coefficient (Wildman–Crippen LogP) is 2.90. The summed E-state index contributed by atoms with van der Waals surface area (Å²) in [6.45, 7) is 0.490. The molecule has 2 aromatic rings. The lowest BCUT2D eigenvalue weighted by Gasteiger charge is -2.10. The molecule has 0 aromatic heterocycles. The second-order valence-corrected chi connectivity index (χ2v) is 4.90. The van der Waals surface area contributed by atoms with Gasteiger partial charge in [0, 0.05) is 6.54 Å². The van der Waals surface area contributed by atoms with Crippen LogP contribution in [-0.2, 0) is 6.42 Å². The Morgan fingerprint density at radius 3 is 2.76 bits per heavy atom. The molecule has 3 N–H and O–H groups in total. The summed E-state index contributed by atoms with van der Waals surface area (Å²) < 4.78 is 5.27. The number of rotatable bonds is 5. The normalized spacial score (nSPS) is 10.2. The van der Waals surface area contributed by atoms with Gasteiger partial charge in [0.05, 0.1) is 23.4 Å². The van der Waals surface area contributed by atoms with Gasteiger partial charge < -0.3 is 15.8 Å². The standard InChI is InChI=1S/C16H17ClN2O2/c1-21-14-8-3-2-5-11(14)9-10-19-16(20)12-6-4-7-13(18)15(12)17/h2-8H,9-10,18H2,1H3,(H,19,20). The Morgan fingerprint density at radius 1 is 1.24 bits per heavy atom. The van der Waals surface area contributed by atoms with Crippen LogP contribution in [0.15, 0.2) is 42.5 Å². The number of nitrogens with two attached hydrogens (primary N) is 1. The fraction of sp³-hybridized carbons (Fsp3) is 0.188. The molecule has 2 aromatic carbocycles. The Kier molecular flexibility index (Phi) is 5.06. The topological polar surface area (TPSA) is 64.3 Å². The van der Waals surface area contributed by atoms with Crippen LogP contribution in [0.1, 0.15) is 15.9 Å². The van der Waals surface area contributed by atoms with Crippen molar-refractivity contribution in [3.8, 4) is 5.75 Å². The third-order valence-electron chi connectivity index (χ3n) is 3.15. The van der Waals surface area contributed by atoms with Gasteiger partial charge in [-0.25, -0.2) is 0 Å². The number of nitrogen functional groups attached to an aromatic ring is 1. The number of hydrogen-bond acceptors (Lipinski definition) is 3. The maximum atomic E-state index is 12.1. The molecule has 0 atom stereocenters. The largest absolute Gasteiger partial charge is 0.496 e. The van der Waals surface area contributed by atoms with Crippen LogP contribution in [0.4, 0.5) is 5.69 Å². The number of amides is 1. The molecule has 0 saturated heterocycles. The summed E-state index contributed by atoms with van der Waals surface area (Å²) in [4.78, 5) is 12.1. The van der Waals surface area contributed by atoms with Gasteiger partial charge in [-0.3, -0.25) is 4.79 Å². The van der Waals surface area contributed by atoms with Gasteiger partial charge in [-0.1, -0.05) is 35.9 Å². The number of methoxy groups -OCH3 is 1. The molecule has 0 saturated carbocycles. The van der Waals surface area contributed by atoms with Crippen LogP contribution in [0, 0.1) is 0 Å². The Hall–Kier alpha value is -2.20. The van der Waals surface area contributed by atoms with E-state index >= 15 is 0 Å². The van der Waals surface area contributed by atoms with Crippen LogP contribution < -0.4 is 15.8 Å². The second kappa shape index (κ2) is 6.99. The molecule has 110 valence electrons. The van der Waals surface area contributed by atoms with E-state index in [1.165, 1.54) is 0 Å². The highest BCUT2D eigenvalue weighted by molar-refractivity contribution is 6.36. The van der Waals surface area contributed by atoms with Crippen molar-refractivity contribution in [2.75, 3.05) is 19.4 Å². The molecule has 0 spiro atoms. The molecule has 1 amide bonds. The average Bonchev–Trinajstić information content (AvgIpc) is 2.50. The van der Waals surface area contributed by atoms with Gasteiger partial charge in [0.15, 0.2) is 0 Å². The second-order valence-electron chi connectivity index (χ2n) is 4.53. The van der Waals surface area contributed by atoms with Crippen molar-refractivity contribution in [3.05, 3.63) is 58.6 Å². The van der Waals surface area contributed by atoms with Gasteiger partial charge in [-0.2, -0.15) is 0 Å². The summed E-state index contributed by atoms with van der Waals surface area (Å²) in [5, 5.41) is 3.12. The first-order valence-corrected chi connectivity index (χ1v) is 6.95. The molecular formula is C16H17ClN2O2. The van der Waals surface area contributed by atoms with Gasteiger partial charge in [-0.05, 0) is 30.2 Å². The van der Waals surface area contributed by atoms with E-state index in [9.17, 15) is 4.79 Å². The molecule has 0 bridgehead atoms. The molecule has 0 aliphatic carbocycles. The fourth-order valence-corrected chi connectivity index (χ4v) is 2.25. The molecule has 4 nitrogen and oxygen atoms in total. The zero-order valence-electron chi connectivity index (χ0n) is 11.7.